The SMILES string of the molecule is Nc1cccc(Cl)c1OCCN1CCNC1=O. The van der Waals surface area contributed by atoms with Crippen molar-refractivity contribution in [2.24, 2.45) is 0 Å². The first-order valence-electron chi connectivity index (χ1n) is 5.38. The van der Waals surface area contributed by atoms with Crippen molar-refractivity contribution in [1.82, 2.24) is 10.2 Å². The van der Waals surface area contributed by atoms with Gasteiger partial charge in [-0.15, -0.1) is 0 Å². The van der Waals surface area contributed by atoms with Crippen LogP contribution < -0.4 is 15.8 Å². The van der Waals surface area contributed by atoms with Gasteiger partial charge in [-0.2, -0.15) is 0 Å². The van der Waals surface area contributed by atoms with Crippen molar-refractivity contribution >= 4 is 23.3 Å². The second-order valence-electron chi connectivity index (χ2n) is 3.73. The molecular formula is C11H14ClN3O2. The third-order valence-corrected chi connectivity index (χ3v) is 2.85. The first-order valence-corrected chi connectivity index (χ1v) is 5.76. The zero-order valence-corrected chi connectivity index (χ0v) is 10.0. The van der Waals surface area contributed by atoms with Crippen molar-refractivity contribution in [3.63, 3.8) is 0 Å². The molecule has 5 nitrogen and oxygen atoms in total. The molecule has 1 aromatic carbocycles. The van der Waals surface area contributed by atoms with Crippen LogP contribution in [0, 0.1) is 0 Å². The number of carbonyl (C=O) groups excluding carboxylic acids is 1. The van der Waals surface area contributed by atoms with E-state index < -0.39 is 0 Å². The third-order valence-electron chi connectivity index (χ3n) is 2.55. The summed E-state index contributed by atoms with van der Waals surface area (Å²) in [6.45, 7) is 2.30. The molecule has 0 aliphatic carbocycles. The lowest BCUT2D eigenvalue weighted by atomic mass is 10.3. The number of halogens is 1. The average Bonchev–Trinajstić information content (AvgIpc) is 2.69. The Hall–Kier alpha value is -1.62. The van der Waals surface area contributed by atoms with Gasteiger partial charge in [0.1, 0.15) is 6.61 Å². The highest BCUT2D eigenvalue weighted by atomic mass is 35.5. The molecule has 1 heterocycles. The van der Waals surface area contributed by atoms with E-state index in [2.05, 4.69) is 5.32 Å². The van der Waals surface area contributed by atoms with Crippen molar-refractivity contribution in [1.29, 1.82) is 0 Å². The number of hydrogen-bond acceptors (Lipinski definition) is 3. The van der Waals surface area contributed by atoms with Crippen molar-refractivity contribution < 1.29 is 9.53 Å². The van der Waals surface area contributed by atoms with E-state index in [1.54, 1.807) is 23.1 Å². The highest BCUT2D eigenvalue weighted by Gasteiger charge is 2.18. The molecule has 2 rings (SSSR count). The predicted octanol–water partition coefficient (Wildman–Crippen LogP) is 1.33. The van der Waals surface area contributed by atoms with E-state index in [1.165, 1.54) is 0 Å². The Morgan fingerprint density at radius 1 is 1.53 bits per heavy atom. The summed E-state index contributed by atoms with van der Waals surface area (Å²) in [6.07, 6.45) is 0. The van der Waals surface area contributed by atoms with Crippen LogP contribution in [0.3, 0.4) is 0 Å². The first-order chi connectivity index (χ1) is 8.18. The Kier molecular flexibility index (Phi) is 3.58. The van der Waals surface area contributed by atoms with Gasteiger partial charge in [-0.05, 0) is 12.1 Å². The van der Waals surface area contributed by atoms with E-state index in [1.807, 2.05) is 0 Å². The molecule has 0 aromatic heterocycles. The summed E-state index contributed by atoms with van der Waals surface area (Å²) < 4.78 is 5.50. The minimum Gasteiger partial charge on any atom is -0.488 e. The van der Waals surface area contributed by atoms with Crippen LogP contribution in [0.25, 0.3) is 0 Å². The molecule has 2 amide bonds. The molecule has 3 N–H and O–H groups in total. The minimum absolute atomic E-state index is 0.0549. The number of rotatable bonds is 4. The summed E-state index contributed by atoms with van der Waals surface area (Å²) in [5.74, 6) is 0.480. The molecule has 1 aliphatic heterocycles. The molecule has 0 spiro atoms. The van der Waals surface area contributed by atoms with Gasteiger partial charge in [-0.1, -0.05) is 17.7 Å². The van der Waals surface area contributed by atoms with Crippen molar-refractivity contribution in [2.45, 2.75) is 0 Å². The van der Waals surface area contributed by atoms with Crippen LogP contribution in [0.5, 0.6) is 5.75 Å². The monoisotopic (exact) mass is 255 g/mol. The molecular weight excluding hydrogens is 242 g/mol. The van der Waals surface area contributed by atoms with Gasteiger partial charge >= 0.3 is 6.03 Å². The number of amides is 2. The summed E-state index contributed by atoms with van der Waals surface area (Å²) in [4.78, 5) is 12.9. The van der Waals surface area contributed by atoms with Gasteiger partial charge in [0.05, 0.1) is 17.3 Å². The second kappa shape index (κ2) is 5.14. The van der Waals surface area contributed by atoms with Crippen LogP contribution in [0.1, 0.15) is 0 Å². The van der Waals surface area contributed by atoms with Crippen LogP contribution in [-0.4, -0.2) is 37.2 Å². The summed E-state index contributed by atoms with van der Waals surface area (Å²) in [7, 11) is 0. The van der Waals surface area contributed by atoms with Crippen LogP contribution >= 0.6 is 11.6 Å². The maximum Gasteiger partial charge on any atom is 0.317 e. The predicted molar refractivity (Wildman–Crippen MR) is 66.3 cm³/mol. The standard InChI is InChI=1S/C11H14ClN3O2/c12-8-2-1-3-9(13)10(8)17-7-6-15-5-4-14-11(15)16/h1-3H,4-7,13H2,(H,14,16). The number of nitrogens with two attached hydrogens (primary N) is 1. The minimum atomic E-state index is -0.0549. The van der Waals surface area contributed by atoms with E-state index in [-0.39, 0.29) is 6.03 Å². The molecule has 17 heavy (non-hydrogen) atoms. The van der Waals surface area contributed by atoms with Crippen molar-refractivity contribution in [3.8, 4) is 5.75 Å². The maximum absolute atomic E-state index is 11.3. The number of hydrogen-bond donors (Lipinski definition) is 2. The maximum atomic E-state index is 11.3. The highest BCUT2D eigenvalue weighted by Crippen LogP contribution is 2.30. The number of carbonyl (C=O) groups is 1. The Morgan fingerprint density at radius 2 is 2.35 bits per heavy atom. The van der Waals surface area contributed by atoms with Crippen LogP contribution in [0.2, 0.25) is 5.02 Å². The third kappa shape index (κ3) is 2.74. The molecule has 0 unspecified atom stereocenters. The van der Waals surface area contributed by atoms with Gasteiger partial charge in [0.15, 0.2) is 5.75 Å². The average molecular weight is 256 g/mol. The van der Waals surface area contributed by atoms with Crippen LogP contribution in [-0.2, 0) is 0 Å². The zero-order valence-electron chi connectivity index (χ0n) is 9.28. The normalized spacial score (nSPS) is 14.9. The molecule has 1 aromatic rings. The van der Waals surface area contributed by atoms with Gasteiger partial charge in [0.2, 0.25) is 0 Å². The van der Waals surface area contributed by atoms with Crippen molar-refractivity contribution in [2.75, 3.05) is 32.0 Å². The molecule has 0 radical (unpaired) electrons. The smallest absolute Gasteiger partial charge is 0.317 e. The Balaban J connectivity index is 1.88. The number of anilines is 1. The largest absolute Gasteiger partial charge is 0.488 e. The summed E-state index contributed by atoms with van der Waals surface area (Å²) >= 11 is 5.96. The van der Waals surface area contributed by atoms with E-state index >= 15 is 0 Å². The Bertz CT molecular complexity index is 405. The van der Waals surface area contributed by atoms with Gasteiger partial charge in [-0.25, -0.2) is 4.79 Å². The number of nitrogen functional groups attached to an aromatic ring is 1. The molecule has 0 saturated carbocycles. The fourth-order valence-electron chi connectivity index (χ4n) is 1.66. The van der Waals surface area contributed by atoms with E-state index in [9.17, 15) is 4.79 Å². The summed E-state index contributed by atoms with van der Waals surface area (Å²) in [5, 5.41) is 3.20. The topological polar surface area (TPSA) is 67.6 Å². The van der Waals surface area contributed by atoms with Gasteiger partial charge < -0.3 is 20.7 Å². The van der Waals surface area contributed by atoms with E-state index in [4.69, 9.17) is 22.1 Å². The molecule has 6 heteroatoms. The summed E-state index contributed by atoms with van der Waals surface area (Å²) in [5.41, 5.74) is 6.24. The number of benzene rings is 1. The highest BCUT2D eigenvalue weighted by molar-refractivity contribution is 6.32. The number of nitrogens with one attached hydrogen (secondary N) is 1. The lowest BCUT2D eigenvalue weighted by Gasteiger charge is -2.15. The first kappa shape index (κ1) is 11.9. The fourth-order valence-corrected chi connectivity index (χ4v) is 1.90. The van der Waals surface area contributed by atoms with E-state index in [0.717, 1.165) is 0 Å². The van der Waals surface area contributed by atoms with Crippen LogP contribution in [0.4, 0.5) is 10.5 Å². The van der Waals surface area contributed by atoms with Gasteiger partial charge in [0.25, 0.3) is 0 Å². The lowest BCUT2D eigenvalue weighted by molar-refractivity contribution is 0.203. The quantitative estimate of drug-likeness (QED) is 0.798. The molecule has 1 fully saturated rings. The van der Waals surface area contributed by atoms with Crippen LogP contribution in [0.15, 0.2) is 18.2 Å². The van der Waals surface area contributed by atoms with Gasteiger partial charge in [0, 0.05) is 13.1 Å². The molecule has 0 atom stereocenters. The summed E-state index contributed by atoms with van der Waals surface area (Å²) in [6, 6.07) is 5.15. The molecule has 1 aliphatic rings. The molecule has 92 valence electrons. The van der Waals surface area contributed by atoms with E-state index in [0.29, 0.717) is 42.7 Å². The second-order valence-corrected chi connectivity index (χ2v) is 4.13. The molecule has 1 saturated heterocycles. The Morgan fingerprint density at radius 3 is 3.00 bits per heavy atom. The number of urea groups is 1. The number of ether oxygens (including phenoxy) is 1. The number of para-hydroxylation sites is 1. The lowest BCUT2D eigenvalue weighted by Crippen LogP contribution is -2.31. The fraction of sp³-hybridized carbons (Fsp3) is 0.364. The number of nitrogens with zero attached hydrogens (tertiary/aromatic N) is 1. The van der Waals surface area contributed by atoms with Crippen molar-refractivity contribution in [3.05, 3.63) is 23.2 Å². The van der Waals surface area contributed by atoms with Gasteiger partial charge in [-0.3, -0.25) is 0 Å². The Labute approximate surface area is 104 Å². The zero-order chi connectivity index (χ0) is 12.3. The molecule has 0 bridgehead atoms.